The molecule has 5 heteroatoms. The van der Waals surface area contributed by atoms with Gasteiger partial charge >= 0.3 is 0 Å². The van der Waals surface area contributed by atoms with Gasteiger partial charge < -0.3 is 16.2 Å². The number of nitrogen functional groups attached to an aromatic ring is 2. The quantitative estimate of drug-likeness (QED) is 0.880. The molecule has 0 aliphatic carbocycles. The summed E-state index contributed by atoms with van der Waals surface area (Å²) < 4.78 is 5.78. The van der Waals surface area contributed by atoms with Gasteiger partial charge in [-0.15, -0.1) is 0 Å². The Kier molecular flexibility index (Phi) is 3.85. The summed E-state index contributed by atoms with van der Waals surface area (Å²) in [5.74, 6) is 1.95. The molecule has 2 rings (SSSR count). The van der Waals surface area contributed by atoms with E-state index in [4.69, 9.17) is 16.2 Å². The lowest BCUT2D eigenvalue weighted by atomic mass is 9.98. The van der Waals surface area contributed by atoms with E-state index < -0.39 is 0 Å². The van der Waals surface area contributed by atoms with Crippen molar-refractivity contribution in [2.75, 3.05) is 11.5 Å². The highest BCUT2D eigenvalue weighted by Crippen LogP contribution is 2.31. The molecule has 1 aromatic carbocycles. The molecule has 0 fully saturated rings. The monoisotopic (exact) mass is 258 g/mol. The van der Waals surface area contributed by atoms with E-state index in [1.807, 2.05) is 18.2 Å². The van der Waals surface area contributed by atoms with Gasteiger partial charge in [-0.2, -0.15) is 9.97 Å². The van der Waals surface area contributed by atoms with E-state index in [0.29, 0.717) is 17.6 Å². The molecule has 0 aliphatic heterocycles. The molecule has 1 atom stereocenters. The molecule has 1 aromatic heterocycles. The summed E-state index contributed by atoms with van der Waals surface area (Å²) in [7, 11) is 0. The molecule has 0 amide bonds. The van der Waals surface area contributed by atoms with Crippen LogP contribution in [0.15, 0.2) is 30.3 Å². The van der Waals surface area contributed by atoms with Crippen LogP contribution in [-0.4, -0.2) is 9.97 Å². The third kappa shape index (κ3) is 3.13. The molecule has 0 spiro atoms. The van der Waals surface area contributed by atoms with Crippen molar-refractivity contribution in [1.82, 2.24) is 9.97 Å². The summed E-state index contributed by atoms with van der Waals surface area (Å²) >= 11 is 0. The van der Waals surface area contributed by atoms with Gasteiger partial charge in [-0.25, -0.2) is 0 Å². The lowest BCUT2D eigenvalue weighted by Crippen LogP contribution is -2.02. The number of benzene rings is 1. The van der Waals surface area contributed by atoms with Crippen LogP contribution in [0.4, 0.5) is 11.8 Å². The highest BCUT2D eigenvalue weighted by molar-refractivity contribution is 5.43. The number of hydrogen-bond donors (Lipinski definition) is 2. The summed E-state index contributed by atoms with van der Waals surface area (Å²) in [6, 6.07) is 9.45. The molecule has 0 saturated carbocycles. The SMILES string of the molecule is CCC(C)c1ccccc1Oc1cc(N)nc(N)n1. The first kappa shape index (κ1) is 13.1. The number of aromatic nitrogens is 2. The Morgan fingerprint density at radius 1 is 1.21 bits per heavy atom. The molecule has 0 radical (unpaired) electrons. The zero-order chi connectivity index (χ0) is 13.8. The molecule has 19 heavy (non-hydrogen) atoms. The van der Waals surface area contributed by atoms with Crippen LogP contribution in [0.2, 0.25) is 0 Å². The number of para-hydroxylation sites is 1. The third-order valence-corrected chi connectivity index (χ3v) is 3.02. The van der Waals surface area contributed by atoms with Crippen LogP contribution in [0.25, 0.3) is 0 Å². The van der Waals surface area contributed by atoms with Crippen molar-refractivity contribution < 1.29 is 4.74 Å². The van der Waals surface area contributed by atoms with E-state index in [9.17, 15) is 0 Å². The second-order valence-corrected chi connectivity index (χ2v) is 4.44. The van der Waals surface area contributed by atoms with Crippen LogP contribution < -0.4 is 16.2 Å². The van der Waals surface area contributed by atoms with Gasteiger partial charge in [-0.05, 0) is 24.0 Å². The van der Waals surface area contributed by atoms with Gasteiger partial charge in [0.25, 0.3) is 0 Å². The van der Waals surface area contributed by atoms with Crippen LogP contribution in [0.3, 0.4) is 0 Å². The average Bonchev–Trinajstić information content (AvgIpc) is 2.37. The maximum absolute atomic E-state index is 5.78. The van der Waals surface area contributed by atoms with Crippen molar-refractivity contribution in [3.05, 3.63) is 35.9 Å². The number of anilines is 2. The van der Waals surface area contributed by atoms with Gasteiger partial charge in [0.1, 0.15) is 11.6 Å². The fraction of sp³-hybridized carbons (Fsp3) is 0.286. The second kappa shape index (κ2) is 5.56. The molecule has 5 nitrogen and oxygen atoms in total. The average molecular weight is 258 g/mol. The van der Waals surface area contributed by atoms with Crippen LogP contribution in [0.1, 0.15) is 31.7 Å². The predicted molar refractivity (Wildman–Crippen MR) is 76.1 cm³/mol. The highest BCUT2D eigenvalue weighted by Gasteiger charge is 2.11. The molecule has 0 bridgehead atoms. The molecular formula is C14H18N4O. The van der Waals surface area contributed by atoms with Crippen molar-refractivity contribution in [2.45, 2.75) is 26.2 Å². The maximum Gasteiger partial charge on any atom is 0.226 e. The van der Waals surface area contributed by atoms with Crippen LogP contribution >= 0.6 is 0 Å². The first-order valence-corrected chi connectivity index (χ1v) is 6.27. The Balaban J connectivity index is 2.32. The summed E-state index contributed by atoms with van der Waals surface area (Å²) in [5.41, 5.74) is 12.3. The zero-order valence-corrected chi connectivity index (χ0v) is 11.1. The Morgan fingerprint density at radius 2 is 1.95 bits per heavy atom. The van der Waals surface area contributed by atoms with Gasteiger partial charge in [0.05, 0.1) is 0 Å². The van der Waals surface area contributed by atoms with Gasteiger partial charge in [0.15, 0.2) is 0 Å². The Bertz CT molecular complexity index is 551. The Morgan fingerprint density at radius 3 is 2.63 bits per heavy atom. The van der Waals surface area contributed by atoms with Crippen molar-refractivity contribution in [3.63, 3.8) is 0 Å². The third-order valence-electron chi connectivity index (χ3n) is 3.02. The lowest BCUT2D eigenvalue weighted by Gasteiger charge is -2.15. The molecule has 100 valence electrons. The minimum absolute atomic E-state index is 0.107. The molecule has 2 aromatic rings. The van der Waals surface area contributed by atoms with Crippen LogP contribution in [0, 0.1) is 0 Å². The first-order valence-electron chi connectivity index (χ1n) is 6.27. The van der Waals surface area contributed by atoms with E-state index in [1.54, 1.807) is 6.07 Å². The molecule has 1 unspecified atom stereocenters. The largest absolute Gasteiger partial charge is 0.438 e. The zero-order valence-electron chi connectivity index (χ0n) is 11.1. The Labute approximate surface area is 112 Å². The number of hydrogen-bond acceptors (Lipinski definition) is 5. The summed E-state index contributed by atoms with van der Waals surface area (Å²) in [6.45, 7) is 4.30. The standard InChI is InChI=1S/C14H18N4O/c1-3-9(2)10-6-4-5-7-11(10)19-13-8-12(15)17-14(16)18-13/h4-9H,3H2,1-2H3,(H4,15,16,17,18). The van der Waals surface area contributed by atoms with Gasteiger partial charge in [0.2, 0.25) is 11.8 Å². The van der Waals surface area contributed by atoms with Crippen molar-refractivity contribution in [2.24, 2.45) is 0 Å². The molecular weight excluding hydrogens is 240 g/mol. The highest BCUT2D eigenvalue weighted by atomic mass is 16.5. The summed E-state index contributed by atoms with van der Waals surface area (Å²) in [5, 5.41) is 0. The topological polar surface area (TPSA) is 87.0 Å². The number of nitrogens with two attached hydrogens (primary N) is 2. The lowest BCUT2D eigenvalue weighted by molar-refractivity contribution is 0.452. The molecule has 4 N–H and O–H groups in total. The number of nitrogens with zero attached hydrogens (tertiary/aromatic N) is 2. The van der Waals surface area contributed by atoms with Crippen molar-refractivity contribution in [3.8, 4) is 11.6 Å². The predicted octanol–water partition coefficient (Wildman–Crippen LogP) is 2.95. The fourth-order valence-electron chi connectivity index (χ4n) is 1.83. The smallest absolute Gasteiger partial charge is 0.226 e. The molecule has 0 aliphatic rings. The fourth-order valence-corrected chi connectivity index (χ4v) is 1.83. The second-order valence-electron chi connectivity index (χ2n) is 4.44. The minimum atomic E-state index is 0.107. The first-order chi connectivity index (χ1) is 9.10. The Hall–Kier alpha value is -2.30. The van der Waals surface area contributed by atoms with Gasteiger partial charge in [-0.1, -0.05) is 32.0 Å². The van der Waals surface area contributed by atoms with E-state index in [-0.39, 0.29) is 5.95 Å². The number of rotatable bonds is 4. The number of ether oxygens (including phenoxy) is 1. The normalized spacial score (nSPS) is 12.1. The van der Waals surface area contributed by atoms with E-state index in [2.05, 4.69) is 29.9 Å². The van der Waals surface area contributed by atoms with Crippen LogP contribution in [-0.2, 0) is 0 Å². The van der Waals surface area contributed by atoms with Gasteiger partial charge in [0, 0.05) is 6.07 Å². The summed E-state index contributed by atoms with van der Waals surface area (Å²) in [6.07, 6.45) is 1.04. The van der Waals surface area contributed by atoms with Crippen molar-refractivity contribution >= 4 is 11.8 Å². The van der Waals surface area contributed by atoms with Crippen molar-refractivity contribution in [1.29, 1.82) is 0 Å². The van der Waals surface area contributed by atoms with E-state index in [1.165, 1.54) is 0 Å². The molecule has 1 heterocycles. The van der Waals surface area contributed by atoms with E-state index in [0.717, 1.165) is 17.7 Å². The van der Waals surface area contributed by atoms with E-state index >= 15 is 0 Å². The van der Waals surface area contributed by atoms with Crippen LogP contribution in [0.5, 0.6) is 11.6 Å². The minimum Gasteiger partial charge on any atom is -0.438 e. The van der Waals surface area contributed by atoms with Gasteiger partial charge in [-0.3, -0.25) is 0 Å². The summed E-state index contributed by atoms with van der Waals surface area (Å²) in [4.78, 5) is 7.83. The maximum atomic E-state index is 5.78. The molecule has 0 saturated heterocycles.